The molecule has 0 atom stereocenters. The number of likely N-dealkylation sites (N-methyl/N-ethyl adjacent to an activating group) is 1. The third-order valence-electron chi connectivity index (χ3n) is 4.02. The van der Waals surface area contributed by atoms with E-state index in [0.29, 0.717) is 0 Å². The van der Waals surface area contributed by atoms with Crippen LogP contribution in [0.1, 0.15) is 24.8 Å². The van der Waals surface area contributed by atoms with E-state index in [2.05, 4.69) is 39.3 Å². The van der Waals surface area contributed by atoms with Gasteiger partial charge in [-0.2, -0.15) is 0 Å². The molecule has 0 amide bonds. The maximum Gasteiger partial charge on any atom is 0.128 e. The minimum absolute atomic E-state index is 0.765. The highest BCUT2D eigenvalue weighted by molar-refractivity contribution is 5.39. The van der Waals surface area contributed by atoms with Gasteiger partial charge in [-0.3, -0.25) is 0 Å². The number of hydrogen-bond acceptors (Lipinski definition) is 4. The van der Waals surface area contributed by atoms with E-state index in [-0.39, 0.29) is 0 Å². The summed E-state index contributed by atoms with van der Waals surface area (Å²) in [7, 11) is 2.20. The van der Waals surface area contributed by atoms with E-state index in [0.717, 1.165) is 38.0 Å². The van der Waals surface area contributed by atoms with Crippen LogP contribution in [0.5, 0.6) is 0 Å². The number of nitrogens with zero attached hydrogens (tertiary/aromatic N) is 3. The standard InChI is InChI=1S/C15H24N4/c1-18-7-2-8-19(10-9-18)15-6-3-13(12-17-15)11-16-14-4-5-14/h3,6,12,14,16H,2,4-5,7-11H2,1H3. The van der Waals surface area contributed by atoms with Crippen molar-refractivity contribution in [1.29, 1.82) is 0 Å². The van der Waals surface area contributed by atoms with E-state index in [1.54, 1.807) is 0 Å². The van der Waals surface area contributed by atoms with Gasteiger partial charge in [0.05, 0.1) is 0 Å². The lowest BCUT2D eigenvalue weighted by atomic mass is 10.2. The second-order valence-corrected chi connectivity index (χ2v) is 5.82. The summed E-state index contributed by atoms with van der Waals surface area (Å²) in [5.41, 5.74) is 1.29. The highest BCUT2D eigenvalue weighted by atomic mass is 15.2. The molecule has 2 fully saturated rings. The maximum absolute atomic E-state index is 4.63. The second-order valence-electron chi connectivity index (χ2n) is 5.82. The minimum Gasteiger partial charge on any atom is -0.355 e. The quantitative estimate of drug-likeness (QED) is 0.888. The summed E-state index contributed by atoms with van der Waals surface area (Å²) in [6.07, 6.45) is 5.93. The largest absolute Gasteiger partial charge is 0.355 e. The van der Waals surface area contributed by atoms with E-state index in [1.165, 1.54) is 31.4 Å². The highest BCUT2D eigenvalue weighted by Gasteiger charge is 2.20. The molecule has 0 unspecified atom stereocenters. The molecule has 2 heterocycles. The smallest absolute Gasteiger partial charge is 0.128 e. The lowest BCUT2D eigenvalue weighted by Gasteiger charge is -2.21. The van der Waals surface area contributed by atoms with Crippen LogP contribution in [0.4, 0.5) is 5.82 Å². The van der Waals surface area contributed by atoms with Crippen molar-refractivity contribution < 1.29 is 0 Å². The first-order valence-electron chi connectivity index (χ1n) is 7.43. The van der Waals surface area contributed by atoms with Crippen LogP contribution < -0.4 is 10.2 Å². The third-order valence-corrected chi connectivity index (χ3v) is 4.02. The molecule has 0 spiro atoms. The van der Waals surface area contributed by atoms with Crippen LogP contribution in [-0.4, -0.2) is 49.2 Å². The summed E-state index contributed by atoms with van der Waals surface area (Å²) in [6.45, 7) is 5.49. The van der Waals surface area contributed by atoms with Gasteiger partial charge in [0.2, 0.25) is 0 Å². The SMILES string of the molecule is CN1CCCN(c2ccc(CNC3CC3)cn2)CC1. The Morgan fingerprint density at radius 3 is 2.84 bits per heavy atom. The molecule has 1 aliphatic carbocycles. The van der Waals surface area contributed by atoms with Crippen molar-refractivity contribution in [2.45, 2.75) is 31.8 Å². The van der Waals surface area contributed by atoms with Crippen LogP contribution in [-0.2, 0) is 6.54 Å². The molecule has 0 radical (unpaired) electrons. The summed E-state index contributed by atoms with van der Waals surface area (Å²) in [6, 6.07) is 5.16. The monoisotopic (exact) mass is 260 g/mol. The maximum atomic E-state index is 4.63. The van der Waals surface area contributed by atoms with E-state index in [4.69, 9.17) is 0 Å². The van der Waals surface area contributed by atoms with Gasteiger partial charge in [0, 0.05) is 38.4 Å². The molecule has 1 aliphatic heterocycles. The summed E-state index contributed by atoms with van der Waals surface area (Å²) in [4.78, 5) is 9.44. The topological polar surface area (TPSA) is 31.4 Å². The third kappa shape index (κ3) is 3.67. The lowest BCUT2D eigenvalue weighted by molar-refractivity contribution is 0.360. The van der Waals surface area contributed by atoms with Crippen LogP contribution in [0.15, 0.2) is 18.3 Å². The number of rotatable bonds is 4. The highest BCUT2D eigenvalue weighted by Crippen LogP contribution is 2.19. The van der Waals surface area contributed by atoms with Gasteiger partial charge in [0.25, 0.3) is 0 Å². The predicted molar refractivity (Wildman–Crippen MR) is 78.4 cm³/mol. The Balaban J connectivity index is 1.57. The van der Waals surface area contributed by atoms with Crippen LogP contribution in [0.2, 0.25) is 0 Å². The van der Waals surface area contributed by atoms with Gasteiger partial charge in [0.15, 0.2) is 0 Å². The first-order chi connectivity index (χ1) is 9.31. The molecule has 4 heteroatoms. The first-order valence-corrected chi connectivity index (χ1v) is 7.43. The Morgan fingerprint density at radius 2 is 2.11 bits per heavy atom. The Bertz CT molecular complexity index is 399. The van der Waals surface area contributed by atoms with Gasteiger partial charge in [-0.15, -0.1) is 0 Å². The van der Waals surface area contributed by atoms with Crippen LogP contribution in [0, 0.1) is 0 Å². The van der Waals surface area contributed by atoms with Gasteiger partial charge >= 0.3 is 0 Å². The summed E-state index contributed by atoms with van der Waals surface area (Å²) in [5, 5.41) is 3.53. The zero-order valence-corrected chi connectivity index (χ0v) is 11.8. The summed E-state index contributed by atoms with van der Waals surface area (Å²) >= 11 is 0. The molecule has 1 aromatic heterocycles. The van der Waals surface area contributed by atoms with E-state index >= 15 is 0 Å². The van der Waals surface area contributed by atoms with E-state index in [9.17, 15) is 0 Å². The predicted octanol–water partition coefficient (Wildman–Crippen LogP) is 1.48. The fraction of sp³-hybridized carbons (Fsp3) is 0.667. The molecule has 0 aromatic carbocycles. The molecule has 2 aliphatic rings. The van der Waals surface area contributed by atoms with Crippen molar-refractivity contribution in [3.05, 3.63) is 23.9 Å². The first kappa shape index (κ1) is 12.9. The van der Waals surface area contributed by atoms with Gasteiger partial charge in [0.1, 0.15) is 5.82 Å². The van der Waals surface area contributed by atoms with Gasteiger partial charge < -0.3 is 15.1 Å². The number of nitrogens with one attached hydrogen (secondary N) is 1. The van der Waals surface area contributed by atoms with Crippen LogP contribution in [0.25, 0.3) is 0 Å². The molecule has 104 valence electrons. The van der Waals surface area contributed by atoms with Crippen molar-refractivity contribution in [2.24, 2.45) is 0 Å². The van der Waals surface area contributed by atoms with Gasteiger partial charge in [-0.05, 0) is 44.5 Å². The lowest BCUT2D eigenvalue weighted by Crippen LogP contribution is -2.29. The van der Waals surface area contributed by atoms with Crippen molar-refractivity contribution in [1.82, 2.24) is 15.2 Å². The molecule has 1 N–H and O–H groups in total. The average Bonchev–Trinajstić information content (AvgIpc) is 3.25. The van der Waals surface area contributed by atoms with E-state index in [1.807, 2.05) is 6.20 Å². The minimum atomic E-state index is 0.765. The molecule has 0 bridgehead atoms. The van der Waals surface area contributed by atoms with Crippen molar-refractivity contribution >= 4 is 5.82 Å². The Kier molecular flexibility index (Phi) is 3.99. The zero-order chi connectivity index (χ0) is 13.1. The van der Waals surface area contributed by atoms with Crippen molar-refractivity contribution in [2.75, 3.05) is 38.1 Å². The molecule has 1 aromatic rings. The molecular weight excluding hydrogens is 236 g/mol. The van der Waals surface area contributed by atoms with Gasteiger partial charge in [-0.1, -0.05) is 6.07 Å². The molecule has 3 rings (SSSR count). The van der Waals surface area contributed by atoms with Crippen LogP contribution >= 0.6 is 0 Å². The Labute approximate surface area is 115 Å². The number of aromatic nitrogens is 1. The fourth-order valence-electron chi connectivity index (χ4n) is 2.53. The number of pyridine rings is 1. The Morgan fingerprint density at radius 1 is 1.21 bits per heavy atom. The Hall–Kier alpha value is -1.13. The second kappa shape index (κ2) is 5.88. The average molecular weight is 260 g/mol. The van der Waals surface area contributed by atoms with E-state index < -0.39 is 0 Å². The van der Waals surface area contributed by atoms with Gasteiger partial charge in [-0.25, -0.2) is 4.98 Å². The summed E-state index contributed by atoms with van der Waals surface area (Å²) in [5.74, 6) is 1.13. The number of anilines is 1. The molecule has 19 heavy (non-hydrogen) atoms. The summed E-state index contributed by atoms with van der Waals surface area (Å²) < 4.78 is 0. The molecular formula is C15H24N4. The normalized spacial score (nSPS) is 21.4. The van der Waals surface area contributed by atoms with Crippen molar-refractivity contribution in [3.63, 3.8) is 0 Å². The zero-order valence-electron chi connectivity index (χ0n) is 11.8. The number of hydrogen-bond donors (Lipinski definition) is 1. The fourth-order valence-corrected chi connectivity index (χ4v) is 2.53. The van der Waals surface area contributed by atoms with Crippen molar-refractivity contribution in [3.8, 4) is 0 Å². The molecule has 1 saturated carbocycles. The van der Waals surface area contributed by atoms with Crippen LogP contribution in [0.3, 0.4) is 0 Å². The molecule has 1 saturated heterocycles. The molecule has 4 nitrogen and oxygen atoms in total.